The summed E-state index contributed by atoms with van der Waals surface area (Å²) in [5, 5.41) is 8.63. The van der Waals surface area contributed by atoms with Crippen LogP contribution in [0.1, 0.15) is 12.8 Å². The second-order valence-electron chi connectivity index (χ2n) is 8.74. The van der Waals surface area contributed by atoms with Gasteiger partial charge in [-0.2, -0.15) is 0 Å². The average molecular weight is 402 g/mol. The van der Waals surface area contributed by atoms with Crippen molar-refractivity contribution >= 4 is 31.2 Å². The summed E-state index contributed by atoms with van der Waals surface area (Å²) in [5.74, 6) is -1.39. The Balaban J connectivity index is 1.77. The Kier molecular flexibility index (Phi) is 6.07. The van der Waals surface area contributed by atoms with Crippen LogP contribution in [0.5, 0.6) is 0 Å². The van der Waals surface area contributed by atoms with Crippen molar-refractivity contribution < 1.29 is 14.3 Å². The molecule has 28 heavy (non-hydrogen) atoms. The molecule has 0 spiro atoms. The number of nitrogens with zero attached hydrogens (tertiary/aromatic N) is 3. The maximum atomic E-state index is 12.7. The molecule has 8 heteroatoms. The van der Waals surface area contributed by atoms with Crippen LogP contribution in [0.15, 0.2) is 29.1 Å². The third-order valence-corrected chi connectivity index (χ3v) is 7.12. The number of esters is 1. The van der Waals surface area contributed by atoms with Crippen LogP contribution in [0.3, 0.4) is 0 Å². The molecule has 3 atom stereocenters. The highest BCUT2D eigenvalue weighted by Gasteiger charge is 2.42. The normalized spacial score (nSPS) is 22.3. The first-order chi connectivity index (χ1) is 13.3. The Morgan fingerprint density at radius 1 is 1.29 bits per heavy atom. The van der Waals surface area contributed by atoms with Gasteiger partial charge in [-0.25, -0.2) is 4.68 Å². The number of aromatic nitrogens is 3. The predicted molar refractivity (Wildman–Crippen MR) is 109 cm³/mol. The summed E-state index contributed by atoms with van der Waals surface area (Å²) in [6.45, 7) is 7.31. The Hall–Kier alpha value is -2.35. The molecule has 1 heterocycles. The molecule has 0 amide bonds. The Bertz CT molecular complexity index is 922. The summed E-state index contributed by atoms with van der Waals surface area (Å²) < 4.78 is 6.82. The lowest BCUT2D eigenvalue weighted by molar-refractivity contribution is -0.152. The van der Waals surface area contributed by atoms with Gasteiger partial charge < -0.3 is 9.53 Å². The molecule has 3 rings (SSSR count). The minimum atomic E-state index is -1.31. The number of hydrogen-bond donors (Lipinski definition) is 0. The van der Waals surface area contributed by atoms with Gasteiger partial charge in [-0.3, -0.25) is 9.59 Å². The van der Waals surface area contributed by atoms with Gasteiger partial charge in [0.15, 0.2) is 0 Å². The summed E-state index contributed by atoms with van der Waals surface area (Å²) >= 11 is 0. The first-order valence-corrected chi connectivity index (χ1v) is 13.5. The van der Waals surface area contributed by atoms with E-state index in [0.717, 1.165) is 12.3 Å². The van der Waals surface area contributed by atoms with E-state index in [0.29, 0.717) is 30.4 Å². The van der Waals surface area contributed by atoms with Gasteiger partial charge in [0.25, 0.3) is 5.56 Å². The Morgan fingerprint density at radius 3 is 2.75 bits per heavy atom. The first kappa shape index (κ1) is 20.4. The van der Waals surface area contributed by atoms with Gasteiger partial charge in [-0.15, -0.1) is 5.10 Å². The molecule has 1 fully saturated rings. The van der Waals surface area contributed by atoms with Crippen LogP contribution in [0.25, 0.3) is 10.9 Å². The van der Waals surface area contributed by atoms with Crippen molar-refractivity contribution in [3.05, 3.63) is 34.6 Å². The van der Waals surface area contributed by atoms with Crippen LogP contribution in [0.2, 0.25) is 25.7 Å². The summed E-state index contributed by atoms with van der Waals surface area (Å²) in [4.78, 5) is 36.9. The van der Waals surface area contributed by atoms with Crippen LogP contribution < -0.4 is 5.56 Å². The highest BCUT2D eigenvalue weighted by Crippen LogP contribution is 2.37. The number of aldehydes is 1. The molecule has 1 aromatic heterocycles. The number of ether oxygens (including phenoxy) is 1. The van der Waals surface area contributed by atoms with Crippen LogP contribution >= 0.6 is 0 Å². The number of benzene rings is 1. The van der Waals surface area contributed by atoms with E-state index in [1.807, 2.05) is 0 Å². The van der Waals surface area contributed by atoms with Crippen LogP contribution in [0, 0.1) is 17.8 Å². The first-order valence-electron chi connectivity index (χ1n) is 9.74. The number of fused-ring (bicyclic) bond motifs is 1. The second-order valence-corrected chi connectivity index (χ2v) is 14.4. The molecular formula is C20H27N3O4Si. The third-order valence-electron chi connectivity index (χ3n) is 5.42. The fraction of sp³-hybridized carbons (Fsp3) is 0.550. The van der Waals surface area contributed by atoms with Gasteiger partial charge in [-0.05, 0) is 36.9 Å². The largest absolute Gasteiger partial charge is 0.466 e. The number of rotatable bonds is 7. The number of carbonyl (C=O) groups is 2. The molecule has 0 radical (unpaired) electrons. The Labute approximate surface area is 165 Å². The Morgan fingerprint density at radius 2 is 2.04 bits per heavy atom. The van der Waals surface area contributed by atoms with E-state index < -0.39 is 14.0 Å². The van der Waals surface area contributed by atoms with Gasteiger partial charge >= 0.3 is 5.97 Å². The minimum Gasteiger partial charge on any atom is -0.466 e. The molecule has 150 valence electrons. The van der Waals surface area contributed by atoms with E-state index in [2.05, 4.69) is 30.0 Å². The van der Waals surface area contributed by atoms with Crippen LogP contribution in [0.4, 0.5) is 0 Å². The molecule has 0 saturated heterocycles. The quantitative estimate of drug-likeness (QED) is 0.402. The highest BCUT2D eigenvalue weighted by atomic mass is 28.3. The summed E-state index contributed by atoms with van der Waals surface area (Å²) in [6.07, 6.45) is 2.15. The molecular weight excluding hydrogens is 374 g/mol. The van der Waals surface area contributed by atoms with Crippen LogP contribution in [-0.2, 0) is 20.9 Å². The standard InChI is InChI=1S/C20H27N3O4Si/c1-28(2,3)11-10-27-20(26)18-14(8-9-15(18)13-24)12-23-19(25)16-6-4-5-7-17(16)21-22-23/h4-7,13-15,18H,8-12H2,1-3H3. The fourth-order valence-electron chi connectivity index (χ4n) is 3.76. The van der Waals surface area contributed by atoms with Crippen molar-refractivity contribution in [2.24, 2.45) is 17.8 Å². The van der Waals surface area contributed by atoms with E-state index in [4.69, 9.17) is 4.74 Å². The third kappa shape index (κ3) is 4.55. The summed E-state index contributed by atoms with van der Waals surface area (Å²) in [7, 11) is -1.31. The molecule has 1 saturated carbocycles. The molecule has 1 aromatic carbocycles. The topological polar surface area (TPSA) is 91.2 Å². The lowest BCUT2D eigenvalue weighted by Gasteiger charge is -2.22. The van der Waals surface area contributed by atoms with Crippen molar-refractivity contribution in [3.63, 3.8) is 0 Å². The second kappa shape index (κ2) is 8.34. The molecule has 0 N–H and O–H groups in total. The molecule has 2 aromatic rings. The van der Waals surface area contributed by atoms with Crippen molar-refractivity contribution in [3.8, 4) is 0 Å². The molecule has 1 aliphatic rings. The van der Waals surface area contributed by atoms with E-state index >= 15 is 0 Å². The lowest BCUT2D eigenvalue weighted by Crippen LogP contribution is -2.34. The van der Waals surface area contributed by atoms with Crippen molar-refractivity contribution in [2.45, 2.75) is 45.1 Å². The number of carbonyl (C=O) groups excluding carboxylic acids is 2. The maximum Gasteiger partial charge on any atom is 0.309 e. The van der Waals surface area contributed by atoms with Gasteiger partial charge in [-0.1, -0.05) is 37.0 Å². The van der Waals surface area contributed by atoms with Gasteiger partial charge in [0.1, 0.15) is 11.8 Å². The van der Waals surface area contributed by atoms with E-state index in [9.17, 15) is 14.4 Å². The van der Waals surface area contributed by atoms with Gasteiger partial charge in [0.2, 0.25) is 0 Å². The predicted octanol–water partition coefficient (Wildman–Crippen LogP) is 2.51. The van der Waals surface area contributed by atoms with Gasteiger partial charge in [0, 0.05) is 14.0 Å². The average Bonchev–Trinajstić information content (AvgIpc) is 3.06. The zero-order valence-electron chi connectivity index (χ0n) is 16.6. The van der Waals surface area contributed by atoms with Crippen molar-refractivity contribution in [1.29, 1.82) is 0 Å². The zero-order chi connectivity index (χ0) is 20.3. The van der Waals surface area contributed by atoms with E-state index in [-0.39, 0.29) is 29.9 Å². The fourth-order valence-corrected chi connectivity index (χ4v) is 4.47. The molecule has 3 unspecified atom stereocenters. The zero-order valence-corrected chi connectivity index (χ0v) is 17.6. The highest BCUT2D eigenvalue weighted by molar-refractivity contribution is 6.76. The molecule has 0 bridgehead atoms. The molecule has 7 nitrogen and oxygen atoms in total. The monoisotopic (exact) mass is 401 g/mol. The summed E-state index contributed by atoms with van der Waals surface area (Å²) in [6, 6.07) is 7.93. The van der Waals surface area contributed by atoms with Crippen molar-refractivity contribution in [1.82, 2.24) is 15.0 Å². The van der Waals surface area contributed by atoms with Crippen LogP contribution in [-0.4, -0.2) is 41.9 Å². The van der Waals surface area contributed by atoms with E-state index in [1.165, 1.54) is 4.68 Å². The molecule has 1 aliphatic carbocycles. The SMILES string of the molecule is C[Si](C)(C)CCOC(=O)C1C(C=O)CCC1Cn1nnc2ccccc2c1=O. The van der Waals surface area contributed by atoms with Gasteiger partial charge in [0.05, 0.1) is 24.5 Å². The maximum absolute atomic E-state index is 12.7. The smallest absolute Gasteiger partial charge is 0.309 e. The number of hydrogen-bond acceptors (Lipinski definition) is 6. The van der Waals surface area contributed by atoms with E-state index in [1.54, 1.807) is 24.3 Å². The molecule has 0 aliphatic heterocycles. The van der Waals surface area contributed by atoms with Crippen molar-refractivity contribution in [2.75, 3.05) is 6.61 Å². The lowest BCUT2D eigenvalue weighted by atomic mass is 9.90. The minimum absolute atomic E-state index is 0.164. The summed E-state index contributed by atoms with van der Waals surface area (Å²) in [5.41, 5.74) is 0.314.